The van der Waals surface area contributed by atoms with Gasteiger partial charge in [0.15, 0.2) is 0 Å². The summed E-state index contributed by atoms with van der Waals surface area (Å²) in [7, 11) is -2.37. The number of hydrogen-bond acceptors (Lipinski definition) is 3. The van der Waals surface area contributed by atoms with E-state index in [2.05, 4.69) is 12.1 Å². The van der Waals surface area contributed by atoms with Gasteiger partial charge in [0, 0.05) is 5.56 Å². The van der Waals surface area contributed by atoms with Gasteiger partial charge in [-0.05, 0) is 73.5 Å². The van der Waals surface area contributed by atoms with E-state index < -0.39 is 8.60 Å². The van der Waals surface area contributed by atoms with Gasteiger partial charge in [0.05, 0.1) is 0 Å². The summed E-state index contributed by atoms with van der Waals surface area (Å²) in [6, 6.07) is 4.36. The van der Waals surface area contributed by atoms with Gasteiger partial charge in [0.25, 0.3) is 0 Å². The summed E-state index contributed by atoms with van der Waals surface area (Å²) in [6.45, 7) is 0. The zero-order chi connectivity index (χ0) is 19.3. The third-order valence-electron chi connectivity index (χ3n) is 7.53. The summed E-state index contributed by atoms with van der Waals surface area (Å²) in [6.07, 6.45) is 19.7. The maximum absolute atomic E-state index is 9.65. The van der Waals surface area contributed by atoms with Crippen molar-refractivity contribution >= 4 is 8.60 Å². The minimum absolute atomic E-state index is 0.527. The highest BCUT2D eigenvalue weighted by molar-refractivity contribution is 7.39. The van der Waals surface area contributed by atoms with E-state index in [4.69, 9.17) is 4.52 Å². The van der Waals surface area contributed by atoms with Crippen molar-refractivity contribution in [1.29, 1.82) is 0 Å². The lowest BCUT2D eigenvalue weighted by Gasteiger charge is -2.35. The van der Waals surface area contributed by atoms with Gasteiger partial charge >= 0.3 is 8.60 Å². The van der Waals surface area contributed by atoms with E-state index in [0.29, 0.717) is 17.8 Å². The number of hydrogen-bond donors (Lipinski definition) is 2. The highest BCUT2D eigenvalue weighted by Gasteiger charge is 2.32. The number of benzene rings is 1. The third-order valence-corrected chi connectivity index (χ3v) is 7.89. The highest BCUT2D eigenvalue weighted by atomic mass is 31.2. The van der Waals surface area contributed by atoms with Crippen molar-refractivity contribution in [2.75, 3.05) is 0 Å². The first-order valence-corrected chi connectivity index (χ1v) is 12.9. The quantitative estimate of drug-likeness (QED) is 0.502. The van der Waals surface area contributed by atoms with E-state index in [0.717, 1.165) is 5.75 Å². The summed E-state index contributed by atoms with van der Waals surface area (Å²) in [5.74, 6) is 2.61. The molecule has 3 saturated carbocycles. The van der Waals surface area contributed by atoms with E-state index in [1.54, 1.807) is 11.1 Å². The third kappa shape index (κ3) is 4.74. The Morgan fingerprint density at radius 2 is 1.07 bits per heavy atom. The van der Waals surface area contributed by atoms with Crippen LogP contribution in [0.1, 0.15) is 131 Å². The molecule has 3 aliphatic rings. The van der Waals surface area contributed by atoms with Crippen LogP contribution in [0.4, 0.5) is 0 Å². The van der Waals surface area contributed by atoms with Crippen LogP contribution in [0.15, 0.2) is 12.1 Å². The molecule has 0 saturated heterocycles. The van der Waals surface area contributed by atoms with Gasteiger partial charge in [-0.3, -0.25) is 0 Å². The molecule has 3 aliphatic carbocycles. The molecule has 3 nitrogen and oxygen atoms in total. The Morgan fingerprint density at radius 1 is 0.607 bits per heavy atom. The summed E-state index contributed by atoms with van der Waals surface area (Å²) in [5, 5.41) is 0. The smallest absolute Gasteiger partial charge is 0.391 e. The number of rotatable bonds is 5. The zero-order valence-corrected chi connectivity index (χ0v) is 18.1. The molecule has 2 N–H and O–H groups in total. The average Bonchev–Trinajstić information content (AvgIpc) is 2.75. The Hall–Kier alpha value is -0.630. The van der Waals surface area contributed by atoms with Crippen molar-refractivity contribution in [3.63, 3.8) is 0 Å². The normalized spacial score (nSPS) is 23.2. The van der Waals surface area contributed by atoms with Crippen LogP contribution in [0.25, 0.3) is 0 Å². The molecule has 0 spiro atoms. The molecule has 0 radical (unpaired) electrons. The minimum atomic E-state index is -2.37. The second-order valence-corrected chi connectivity index (χ2v) is 10.0. The Labute approximate surface area is 171 Å². The van der Waals surface area contributed by atoms with Crippen LogP contribution in [0.2, 0.25) is 0 Å². The SMILES string of the molecule is OP(O)Oc1ccc(C2CCCCC2)c(C2CCCCC2)c1C1CCCCC1. The van der Waals surface area contributed by atoms with Crippen molar-refractivity contribution in [1.82, 2.24) is 0 Å². The molecule has 4 rings (SSSR count). The molecule has 0 heterocycles. The van der Waals surface area contributed by atoms with Gasteiger partial charge in [-0.25, -0.2) is 0 Å². The van der Waals surface area contributed by atoms with Crippen LogP contribution in [0.5, 0.6) is 5.75 Å². The fourth-order valence-corrected chi connectivity index (χ4v) is 6.56. The molecular formula is C24H37O3P. The lowest BCUT2D eigenvalue weighted by atomic mass is 9.70. The summed E-state index contributed by atoms with van der Waals surface area (Å²) in [5.41, 5.74) is 4.53. The average molecular weight is 405 g/mol. The lowest BCUT2D eigenvalue weighted by molar-refractivity contribution is 0.362. The van der Waals surface area contributed by atoms with Crippen LogP contribution in [-0.2, 0) is 0 Å². The Bertz CT molecular complexity index is 627. The van der Waals surface area contributed by atoms with Crippen LogP contribution < -0.4 is 4.52 Å². The maximum atomic E-state index is 9.65. The van der Waals surface area contributed by atoms with Crippen LogP contribution in [0.3, 0.4) is 0 Å². The zero-order valence-electron chi connectivity index (χ0n) is 17.2. The standard InChI is InChI=1S/C24H37O3P/c25-28(26)27-22-17-16-21(18-10-4-1-5-11-18)23(19-12-6-2-7-13-19)24(22)20-14-8-3-9-15-20/h16-20,25-26H,1-15H2. The van der Waals surface area contributed by atoms with E-state index >= 15 is 0 Å². The lowest BCUT2D eigenvalue weighted by Crippen LogP contribution is -2.18. The molecule has 3 fully saturated rings. The molecule has 4 heteroatoms. The van der Waals surface area contributed by atoms with Gasteiger partial charge < -0.3 is 14.3 Å². The molecule has 156 valence electrons. The fourth-order valence-electron chi connectivity index (χ4n) is 6.23. The highest BCUT2D eigenvalue weighted by Crippen LogP contribution is 2.50. The van der Waals surface area contributed by atoms with Crippen LogP contribution in [0, 0.1) is 0 Å². The topological polar surface area (TPSA) is 49.7 Å². The maximum Gasteiger partial charge on any atom is 0.391 e. The van der Waals surface area contributed by atoms with Gasteiger partial charge in [-0.2, -0.15) is 0 Å². The summed E-state index contributed by atoms with van der Waals surface area (Å²) < 4.78 is 5.65. The molecule has 0 aliphatic heterocycles. The predicted octanol–water partition coefficient (Wildman–Crippen LogP) is 7.42. The summed E-state index contributed by atoms with van der Waals surface area (Å²) in [4.78, 5) is 19.3. The van der Waals surface area contributed by atoms with Gasteiger partial charge in [0.2, 0.25) is 0 Å². The van der Waals surface area contributed by atoms with Crippen LogP contribution >= 0.6 is 8.60 Å². The Kier molecular flexibility index (Phi) is 7.31. The predicted molar refractivity (Wildman–Crippen MR) is 116 cm³/mol. The molecule has 1 aromatic rings. The van der Waals surface area contributed by atoms with Crippen molar-refractivity contribution in [2.24, 2.45) is 0 Å². The van der Waals surface area contributed by atoms with Gasteiger partial charge in [-0.1, -0.05) is 63.9 Å². The largest absolute Gasteiger partial charge is 0.427 e. The summed E-state index contributed by atoms with van der Waals surface area (Å²) >= 11 is 0. The van der Waals surface area contributed by atoms with E-state index in [1.807, 2.05) is 0 Å². The first kappa shape index (κ1) is 20.6. The van der Waals surface area contributed by atoms with E-state index in [1.165, 1.54) is 102 Å². The fraction of sp³-hybridized carbons (Fsp3) is 0.750. The molecular weight excluding hydrogens is 367 g/mol. The van der Waals surface area contributed by atoms with Crippen molar-refractivity contribution in [3.05, 3.63) is 28.8 Å². The van der Waals surface area contributed by atoms with Gasteiger partial charge in [0.1, 0.15) is 5.75 Å². The molecule has 1 aromatic carbocycles. The second-order valence-electron chi connectivity index (χ2n) is 9.33. The monoisotopic (exact) mass is 404 g/mol. The molecule has 0 aromatic heterocycles. The van der Waals surface area contributed by atoms with E-state index in [-0.39, 0.29) is 0 Å². The van der Waals surface area contributed by atoms with Crippen LogP contribution in [-0.4, -0.2) is 9.79 Å². The van der Waals surface area contributed by atoms with E-state index in [9.17, 15) is 9.79 Å². The molecule has 0 bridgehead atoms. The van der Waals surface area contributed by atoms with Gasteiger partial charge in [-0.15, -0.1) is 0 Å². The van der Waals surface area contributed by atoms with Crippen molar-refractivity contribution < 1.29 is 14.3 Å². The molecule has 0 unspecified atom stereocenters. The second kappa shape index (κ2) is 9.92. The Morgan fingerprint density at radius 3 is 1.57 bits per heavy atom. The Balaban J connectivity index is 1.81. The molecule has 0 atom stereocenters. The first-order chi connectivity index (χ1) is 13.7. The van der Waals surface area contributed by atoms with Crippen molar-refractivity contribution in [2.45, 2.75) is 114 Å². The first-order valence-electron chi connectivity index (χ1n) is 11.8. The molecule has 28 heavy (non-hydrogen) atoms. The molecule has 0 amide bonds. The van der Waals surface area contributed by atoms with Crippen molar-refractivity contribution in [3.8, 4) is 5.75 Å². The minimum Gasteiger partial charge on any atom is -0.427 e.